The number of non-ortho nitro benzene ring substituents is 1. The molecule has 2 aromatic carbocycles. The summed E-state index contributed by atoms with van der Waals surface area (Å²) < 4.78 is 39.7. The highest BCUT2D eigenvalue weighted by molar-refractivity contribution is 7.98. The number of benzene rings is 2. The molecule has 7 nitrogen and oxygen atoms in total. The Balaban J connectivity index is 1.65. The number of alkyl halides is 3. The van der Waals surface area contributed by atoms with Gasteiger partial charge in [0, 0.05) is 34.8 Å². The van der Waals surface area contributed by atoms with Crippen LogP contribution >= 0.6 is 11.8 Å². The molecule has 2 heterocycles. The SMILES string of the molecule is O=C(Nc1c2c(nn1-c1ccc([N+](=O)[O-])cc1)CSC2)c1ccc(C(F)(F)F)cc1. The molecule has 0 radical (unpaired) electrons. The van der Waals surface area contributed by atoms with E-state index in [1.807, 2.05) is 0 Å². The van der Waals surface area contributed by atoms with Crippen LogP contribution in [0.2, 0.25) is 0 Å². The molecule has 1 aliphatic heterocycles. The zero-order chi connectivity index (χ0) is 21.5. The van der Waals surface area contributed by atoms with Crippen LogP contribution in [0.1, 0.15) is 27.2 Å². The Morgan fingerprint density at radius 2 is 1.77 bits per heavy atom. The van der Waals surface area contributed by atoms with Gasteiger partial charge in [0.15, 0.2) is 0 Å². The minimum absolute atomic E-state index is 0.0684. The van der Waals surface area contributed by atoms with Crippen molar-refractivity contribution in [3.63, 3.8) is 0 Å². The van der Waals surface area contributed by atoms with E-state index in [9.17, 15) is 28.1 Å². The van der Waals surface area contributed by atoms with Gasteiger partial charge in [-0.25, -0.2) is 4.68 Å². The molecule has 1 N–H and O–H groups in total. The number of hydrogen-bond acceptors (Lipinski definition) is 5. The van der Waals surface area contributed by atoms with E-state index in [0.29, 0.717) is 23.0 Å². The second kappa shape index (κ2) is 7.48. The molecular formula is C19H13F3N4O3S. The molecule has 0 atom stereocenters. The van der Waals surface area contributed by atoms with Crippen LogP contribution < -0.4 is 5.32 Å². The first-order chi connectivity index (χ1) is 14.2. The quantitative estimate of drug-likeness (QED) is 0.471. The van der Waals surface area contributed by atoms with E-state index < -0.39 is 22.6 Å². The third-order valence-electron chi connectivity index (χ3n) is 4.56. The Bertz CT molecular complexity index is 1130. The van der Waals surface area contributed by atoms with Crippen LogP contribution in [-0.4, -0.2) is 20.6 Å². The Labute approximate surface area is 172 Å². The third-order valence-corrected chi connectivity index (χ3v) is 5.53. The van der Waals surface area contributed by atoms with Gasteiger partial charge in [-0.3, -0.25) is 14.9 Å². The molecule has 0 unspecified atom stereocenters. The van der Waals surface area contributed by atoms with E-state index in [1.165, 1.54) is 28.9 Å². The fraction of sp³-hybridized carbons (Fsp3) is 0.158. The summed E-state index contributed by atoms with van der Waals surface area (Å²) in [4.78, 5) is 23.0. The molecule has 154 valence electrons. The van der Waals surface area contributed by atoms with E-state index in [2.05, 4.69) is 10.4 Å². The Kier molecular flexibility index (Phi) is 4.98. The van der Waals surface area contributed by atoms with Crippen molar-refractivity contribution in [2.75, 3.05) is 5.32 Å². The molecule has 4 rings (SSSR count). The number of carbonyl (C=O) groups excluding carboxylic acids is 1. The molecular weight excluding hydrogens is 421 g/mol. The molecule has 1 aromatic heterocycles. The van der Waals surface area contributed by atoms with Crippen LogP contribution in [0.3, 0.4) is 0 Å². The lowest BCUT2D eigenvalue weighted by atomic mass is 10.1. The first kappa shape index (κ1) is 20.0. The fourth-order valence-corrected chi connectivity index (χ4v) is 4.07. The van der Waals surface area contributed by atoms with Crippen molar-refractivity contribution in [3.8, 4) is 5.69 Å². The number of nitrogens with one attached hydrogen (secondary N) is 1. The first-order valence-corrected chi connectivity index (χ1v) is 9.81. The van der Waals surface area contributed by atoms with Crippen molar-refractivity contribution in [1.82, 2.24) is 9.78 Å². The molecule has 0 bridgehead atoms. The summed E-state index contributed by atoms with van der Waals surface area (Å²) >= 11 is 1.62. The molecule has 3 aromatic rings. The number of aromatic nitrogens is 2. The van der Waals surface area contributed by atoms with Crippen molar-refractivity contribution < 1.29 is 22.9 Å². The smallest absolute Gasteiger partial charge is 0.306 e. The molecule has 1 aliphatic rings. The number of amides is 1. The van der Waals surface area contributed by atoms with Gasteiger partial charge in [-0.1, -0.05) is 0 Å². The lowest BCUT2D eigenvalue weighted by molar-refractivity contribution is -0.384. The van der Waals surface area contributed by atoms with Gasteiger partial charge >= 0.3 is 6.18 Å². The maximum Gasteiger partial charge on any atom is 0.416 e. The van der Waals surface area contributed by atoms with E-state index in [0.717, 1.165) is 35.5 Å². The second-order valence-electron chi connectivity index (χ2n) is 6.48. The van der Waals surface area contributed by atoms with Gasteiger partial charge in [0.25, 0.3) is 11.6 Å². The number of hydrogen-bond donors (Lipinski definition) is 1. The molecule has 0 fully saturated rings. The van der Waals surface area contributed by atoms with Crippen LogP contribution in [0.25, 0.3) is 5.69 Å². The van der Waals surface area contributed by atoms with Gasteiger partial charge in [-0.15, -0.1) is 0 Å². The lowest BCUT2D eigenvalue weighted by Gasteiger charge is -2.12. The Morgan fingerprint density at radius 3 is 2.37 bits per heavy atom. The molecule has 0 spiro atoms. The number of carbonyl (C=O) groups is 1. The fourth-order valence-electron chi connectivity index (χ4n) is 3.03. The van der Waals surface area contributed by atoms with Crippen molar-refractivity contribution in [2.45, 2.75) is 17.7 Å². The number of fused-ring (bicyclic) bond motifs is 1. The third kappa shape index (κ3) is 3.75. The molecule has 0 saturated carbocycles. The van der Waals surface area contributed by atoms with Crippen LogP contribution in [0.5, 0.6) is 0 Å². The number of thioether (sulfide) groups is 1. The normalized spacial score (nSPS) is 13.2. The average molecular weight is 434 g/mol. The standard InChI is InChI=1S/C19H13F3N4O3S/c20-19(21,22)12-3-1-11(2-4-12)18(27)23-17-15-9-30-10-16(15)24-25(17)13-5-7-14(8-6-13)26(28)29/h1-8H,9-10H2,(H,23,27). The van der Waals surface area contributed by atoms with Crippen LogP contribution in [-0.2, 0) is 17.7 Å². The van der Waals surface area contributed by atoms with Gasteiger partial charge in [0.05, 0.1) is 21.9 Å². The van der Waals surface area contributed by atoms with Crippen LogP contribution in [0.15, 0.2) is 48.5 Å². The zero-order valence-corrected chi connectivity index (χ0v) is 16.0. The Morgan fingerprint density at radius 1 is 1.10 bits per heavy atom. The van der Waals surface area contributed by atoms with Gasteiger partial charge in [-0.05, 0) is 36.4 Å². The highest BCUT2D eigenvalue weighted by Gasteiger charge is 2.30. The predicted octanol–water partition coefficient (Wildman–Crippen LogP) is 4.80. The van der Waals surface area contributed by atoms with Crippen molar-refractivity contribution >= 4 is 29.2 Å². The zero-order valence-electron chi connectivity index (χ0n) is 15.1. The number of halogens is 3. The maximum absolute atomic E-state index is 12.7. The largest absolute Gasteiger partial charge is 0.416 e. The topological polar surface area (TPSA) is 90.1 Å². The highest BCUT2D eigenvalue weighted by Crippen LogP contribution is 2.36. The number of anilines is 1. The Hall–Kier alpha value is -3.34. The summed E-state index contributed by atoms with van der Waals surface area (Å²) in [6.07, 6.45) is -4.48. The second-order valence-corrected chi connectivity index (χ2v) is 7.47. The maximum atomic E-state index is 12.7. The van der Waals surface area contributed by atoms with Crippen LogP contribution in [0.4, 0.5) is 24.7 Å². The molecule has 0 saturated heterocycles. The molecule has 11 heteroatoms. The van der Waals surface area contributed by atoms with E-state index in [4.69, 9.17) is 0 Å². The highest BCUT2D eigenvalue weighted by atomic mass is 32.2. The van der Waals surface area contributed by atoms with Crippen molar-refractivity contribution in [3.05, 3.63) is 81.0 Å². The number of nitrogens with zero attached hydrogens (tertiary/aromatic N) is 3. The summed E-state index contributed by atoms with van der Waals surface area (Å²) in [6, 6.07) is 9.62. The predicted molar refractivity (Wildman–Crippen MR) is 105 cm³/mol. The number of rotatable bonds is 4. The van der Waals surface area contributed by atoms with Gasteiger partial charge in [-0.2, -0.15) is 30.0 Å². The summed E-state index contributed by atoms with van der Waals surface area (Å²) in [5.41, 5.74) is 1.26. The minimum atomic E-state index is -4.48. The van der Waals surface area contributed by atoms with Gasteiger partial charge in [0.2, 0.25) is 0 Å². The summed E-state index contributed by atoms with van der Waals surface area (Å²) in [5, 5.41) is 18.1. The summed E-state index contributed by atoms with van der Waals surface area (Å²) in [7, 11) is 0. The van der Waals surface area contributed by atoms with E-state index in [-0.39, 0.29) is 11.3 Å². The average Bonchev–Trinajstić information content (AvgIpc) is 3.30. The first-order valence-electron chi connectivity index (χ1n) is 8.66. The van der Waals surface area contributed by atoms with Gasteiger partial charge < -0.3 is 5.32 Å². The monoisotopic (exact) mass is 434 g/mol. The number of nitro groups is 1. The molecule has 30 heavy (non-hydrogen) atoms. The summed E-state index contributed by atoms with van der Waals surface area (Å²) in [6.45, 7) is 0. The lowest BCUT2D eigenvalue weighted by Crippen LogP contribution is -2.16. The minimum Gasteiger partial charge on any atom is -0.306 e. The van der Waals surface area contributed by atoms with Crippen molar-refractivity contribution in [2.24, 2.45) is 0 Å². The molecule has 1 amide bonds. The number of nitro benzene ring substituents is 1. The van der Waals surface area contributed by atoms with Crippen LogP contribution in [0, 0.1) is 10.1 Å². The van der Waals surface area contributed by atoms with Gasteiger partial charge in [0.1, 0.15) is 5.82 Å². The van der Waals surface area contributed by atoms with E-state index >= 15 is 0 Å². The summed E-state index contributed by atoms with van der Waals surface area (Å²) in [5.74, 6) is 1.09. The van der Waals surface area contributed by atoms with Crippen molar-refractivity contribution in [1.29, 1.82) is 0 Å². The molecule has 0 aliphatic carbocycles. The van der Waals surface area contributed by atoms with E-state index in [1.54, 1.807) is 11.8 Å².